The second-order valence-electron chi connectivity index (χ2n) is 6.59. The lowest BCUT2D eigenvalue weighted by atomic mass is 10.1. The van der Waals surface area contributed by atoms with Gasteiger partial charge in [-0.15, -0.1) is 0 Å². The van der Waals surface area contributed by atoms with E-state index in [2.05, 4.69) is 15.4 Å². The molecule has 2 aromatic heterocycles. The lowest BCUT2D eigenvalue weighted by molar-refractivity contribution is 0.0939. The number of fused-ring (bicyclic) bond motifs is 1. The minimum Gasteiger partial charge on any atom is -0.356 e. The molecule has 1 atom stereocenters. The van der Waals surface area contributed by atoms with E-state index in [1.54, 1.807) is 6.20 Å². The predicted octanol–water partition coefficient (Wildman–Crippen LogP) is -0.775. The molecule has 0 aromatic carbocycles. The van der Waals surface area contributed by atoms with Crippen LogP contribution < -0.4 is 21.5 Å². The number of hydrogen-bond acceptors (Lipinski definition) is 5. The Kier molecular flexibility index (Phi) is 3.70. The normalized spacial score (nSPS) is 19.2. The number of aromatic amines is 1. The number of carbonyl (C=O) groups excluding carboxylic acids is 1. The highest BCUT2D eigenvalue weighted by molar-refractivity contribution is 5.95. The smallest absolute Gasteiger partial charge is 0.329 e. The summed E-state index contributed by atoms with van der Waals surface area (Å²) in [7, 11) is 1.43. The Balaban J connectivity index is 1.45. The number of nitrogens with one attached hydrogen (secondary N) is 2. The molecule has 2 aliphatic rings. The predicted molar refractivity (Wildman–Crippen MR) is 90.9 cm³/mol. The van der Waals surface area contributed by atoms with Crippen LogP contribution in [0.25, 0.3) is 0 Å². The number of H-pyrrole nitrogens is 1. The van der Waals surface area contributed by atoms with Crippen molar-refractivity contribution in [1.29, 1.82) is 0 Å². The number of nitrogens with zero attached hydrogens (tertiary/aromatic N) is 4. The maximum atomic E-state index is 12.5. The van der Waals surface area contributed by atoms with Crippen molar-refractivity contribution in [2.75, 3.05) is 18.0 Å². The number of aromatic nitrogens is 4. The summed E-state index contributed by atoms with van der Waals surface area (Å²) in [6.07, 6.45) is 4.30. The number of rotatable bonds is 3. The topological polar surface area (TPSA) is 105 Å². The van der Waals surface area contributed by atoms with Crippen LogP contribution in [-0.4, -0.2) is 44.4 Å². The molecule has 0 spiro atoms. The van der Waals surface area contributed by atoms with Crippen LogP contribution in [0, 0.1) is 0 Å². The molecule has 4 rings (SSSR count). The maximum absolute atomic E-state index is 12.5. The average Bonchev–Trinajstić information content (AvgIpc) is 3.28. The zero-order valence-electron chi connectivity index (χ0n) is 14.0. The van der Waals surface area contributed by atoms with Crippen molar-refractivity contribution >= 4 is 11.7 Å². The van der Waals surface area contributed by atoms with Crippen LogP contribution in [-0.2, 0) is 20.0 Å². The fraction of sp³-hybridized carbons (Fsp3) is 0.500. The van der Waals surface area contributed by atoms with E-state index >= 15 is 0 Å². The fourth-order valence-electron chi connectivity index (χ4n) is 3.53. The summed E-state index contributed by atoms with van der Waals surface area (Å²) in [4.78, 5) is 40.7. The van der Waals surface area contributed by atoms with Gasteiger partial charge in [-0.2, -0.15) is 5.10 Å². The van der Waals surface area contributed by atoms with Crippen molar-refractivity contribution in [3.8, 4) is 0 Å². The minimum absolute atomic E-state index is 0.0305. The molecule has 1 amide bonds. The largest absolute Gasteiger partial charge is 0.356 e. The highest BCUT2D eigenvalue weighted by Crippen LogP contribution is 2.20. The molecule has 0 aliphatic carbocycles. The third kappa shape index (κ3) is 2.75. The van der Waals surface area contributed by atoms with Crippen molar-refractivity contribution in [2.45, 2.75) is 31.8 Å². The molecular weight excluding hydrogens is 324 g/mol. The van der Waals surface area contributed by atoms with Gasteiger partial charge in [-0.05, 0) is 19.3 Å². The molecule has 9 heteroatoms. The summed E-state index contributed by atoms with van der Waals surface area (Å²) in [6, 6.07) is 1.38. The quantitative estimate of drug-likeness (QED) is 0.760. The van der Waals surface area contributed by atoms with Crippen molar-refractivity contribution in [1.82, 2.24) is 24.6 Å². The molecule has 2 aromatic rings. The van der Waals surface area contributed by atoms with E-state index in [0.29, 0.717) is 24.5 Å². The molecular formula is C16H20N6O3. The van der Waals surface area contributed by atoms with Crippen molar-refractivity contribution in [3.05, 3.63) is 44.4 Å². The van der Waals surface area contributed by atoms with E-state index in [4.69, 9.17) is 0 Å². The van der Waals surface area contributed by atoms with Gasteiger partial charge in [0.2, 0.25) is 0 Å². The van der Waals surface area contributed by atoms with Crippen molar-refractivity contribution in [2.24, 2.45) is 7.05 Å². The van der Waals surface area contributed by atoms with Gasteiger partial charge in [-0.1, -0.05) is 0 Å². The SMILES string of the molecule is Cn1c(=O)cc(N2CC[C@@H](NC(=O)c3cnn4c3CCC4)C2)[nH]c1=O. The maximum Gasteiger partial charge on any atom is 0.329 e. The summed E-state index contributed by atoms with van der Waals surface area (Å²) in [5.74, 6) is 0.392. The molecule has 0 radical (unpaired) electrons. The van der Waals surface area contributed by atoms with Crippen LogP contribution in [0.4, 0.5) is 5.82 Å². The number of aryl methyl sites for hydroxylation is 1. The molecule has 1 fully saturated rings. The number of carbonyl (C=O) groups is 1. The van der Waals surface area contributed by atoms with Crippen LogP contribution in [0.2, 0.25) is 0 Å². The average molecular weight is 344 g/mol. The monoisotopic (exact) mass is 344 g/mol. The lowest BCUT2D eigenvalue weighted by Crippen LogP contribution is -2.39. The number of hydrogen-bond donors (Lipinski definition) is 2. The van der Waals surface area contributed by atoms with Gasteiger partial charge in [0, 0.05) is 38.8 Å². The van der Waals surface area contributed by atoms with Crippen molar-refractivity contribution in [3.63, 3.8) is 0 Å². The number of amides is 1. The summed E-state index contributed by atoms with van der Waals surface area (Å²) >= 11 is 0. The van der Waals surface area contributed by atoms with Crippen molar-refractivity contribution < 1.29 is 4.79 Å². The summed E-state index contributed by atoms with van der Waals surface area (Å²) < 4.78 is 2.92. The highest BCUT2D eigenvalue weighted by atomic mass is 16.2. The van der Waals surface area contributed by atoms with E-state index in [1.807, 2.05) is 9.58 Å². The Morgan fingerprint density at radius 2 is 2.20 bits per heavy atom. The summed E-state index contributed by atoms with van der Waals surface area (Å²) in [5.41, 5.74) is 0.869. The van der Waals surface area contributed by atoms with Crippen LogP contribution >= 0.6 is 0 Å². The molecule has 0 bridgehead atoms. The zero-order chi connectivity index (χ0) is 17.6. The van der Waals surface area contributed by atoms with Gasteiger partial charge >= 0.3 is 5.69 Å². The fourth-order valence-corrected chi connectivity index (χ4v) is 3.53. The standard InChI is InChI=1S/C16H20N6O3/c1-20-14(23)7-13(19-16(20)25)21-6-4-10(9-21)18-15(24)11-8-17-22-5-2-3-12(11)22/h7-8,10H,2-6,9H2,1H3,(H,18,24)(H,19,25)/t10-/m1/s1. The molecule has 1 saturated heterocycles. The van der Waals surface area contributed by atoms with Crippen LogP contribution in [0.15, 0.2) is 21.9 Å². The number of anilines is 1. The summed E-state index contributed by atoms with van der Waals surface area (Å²) in [6.45, 7) is 2.09. The molecule has 0 unspecified atom stereocenters. The van der Waals surface area contributed by atoms with Crippen LogP contribution in [0.5, 0.6) is 0 Å². The third-order valence-electron chi connectivity index (χ3n) is 4.97. The molecule has 25 heavy (non-hydrogen) atoms. The highest BCUT2D eigenvalue weighted by Gasteiger charge is 2.28. The second kappa shape index (κ2) is 5.91. The molecule has 9 nitrogen and oxygen atoms in total. The van der Waals surface area contributed by atoms with Gasteiger partial charge in [0.05, 0.1) is 17.5 Å². The molecule has 0 saturated carbocycles. The first-order chi connectivity index (χ1) is 12.0. The second-order valence-corrected chi connectivity index (χ2v) is 6.59. The summed E-state index contributed by atoms with van der Waals surface area (Å²) in [5, 5.41) is 7.29. The van der Waals surface area contributed by atoms with E-state index < -0.39 is 5.69 Å². The molecule has 4 heterocycles. The Labute approximate surface area is 143 Å². The minimum atomic E-state index is -0.439. The first kappa shape index (κ1) is 15.7. The van der Waals surface area contributed by atoms with Gasteiger partial charge < -0.3 is 10.2 Å². The molecule has 2 aliphatic heterocycles. The van der Waals surface area contributed by atoms with E-state index in [-0.39, 0.29) is 17.5 Å². The first-order valence-electron chi connectivity index (χ1n) is 8.44. The van der Waals surface area contributed by atoms with Crippen LogP contribution in [0.1, 0.15) is 28.9 Å². The van der Waals surface area contributed by atoms with Crippen LogP contribution in [0.3, 0.4) is 0 Å². The Morgan fingerprint density at radius 3 is 3.00 bits per heavy atom. The van der Waals surface area contributed by atoms with E-state index in [9.17, 15) is 14.4 Å². The van der Waals surface area contributed by atoms with Gasteiger partial charge in [0.15, 0.2) is 0 Å². The zero-order valence-corrected chi connectivity index (χ0v) is 14.0. The Morgan fingerprint density at radius 1 is 1.36 bits per heavy atom. The van der Waals surface area contributed by atoms with Gasteiger partial charge in [0.25, 0.3) is 11.5 Å². The third-order valence-corrected chi connectivity index (χ3v) is 4.97. The first-order valence-corrected chi connectivity index (χ1v) is 8.44. The molecule has 2 N–H and O–H groups in total. The van der Waals surface area contributed by atoms with Gasteiger partial charge in [-0.3, -0.25) is 23.8 Å². The van der Waals surface area contributed by atoms with E-state index in [0.717, 1.165) is 36.1 Å². The Bertz CT molecular complexity index is 909. The van der Waals surface area contributed by atoms with E-state index in [1.165, 1.54) is 13.1 Å². The lowest BCUT2D eigenvalue weighted by Gasteiger charge is -2.18. The Hall–Kier alpha value is -2.84. The van der Waals surface area contributed by atoms with Gasteiger partial charge in [0.1, 0.15) is 5.82 Å². The van der Waals surface area contributed by atoms with Gasteiger partial charge in [-0.25, -0.2) is 4.79 Å². The molecule has 132 valence electrons.